The van der Waals surface area contributed by atoms with E-state index in [-0.39, 0.29) is 6.61 Å². The van der Waals surface area contributed by atoms with E-state index in [2.05, 4.69) is 9.47 Å². The summed E-state index contributed by atoms with van der Waals surface area (Å²) >= 11 is 0. The molecular weight excluding hydrogens is 161 g/mol. The second-order valence-corrected chi connectivity index (χ2v) is 1.79. The quantitative estimate of drug-likeness (QED) is 0.605. The molecule has 0 aliphatic carbocycles. The van der Waals surface area contributed by atoms with E-state index in [0.29, 0.717) is 0 Å². The van der Waals surface area contributed by atoms with Crippen LogP contribution in [0.3, 0.4) is 0 Å². The maximum atomic E-state index is 12.3. The zero-order valence-electron chi connectivity index (χ0n) is 6.23. The largest absolute Gasteiger partial charge is 0.370 e. The minimum atomic E-state index is -2.55. The summed E-state index contributed by atoms with van der Waals surface area (Å²) in [4.78, 5) is 0. The second-order valence-electron chi connectivity index (χ2n) is 1.79. The summed E-state index contributed by atoms with van der Waals surface area (Å²) < 4.78 is 43.7. The van der Waals surface area contributed by atoms with Crippen LogP contribution in [0.2, 0.25) is 0 Å². The number of hydrogen-bond donors (Lipinski definition) is 0. The first-order valence-corrected chi connectivity index (χ1v) is 3.28. The van der Waals surface area contributed by atoms with Gasteiger partial charge in [0.2, 0.25) is 6.36 Å². The van der Waals surface area contributed by atoms with E-state index in [4.69, 9.17) is 0 Å². The van der Waals surface area contributed by atoms with Gasteiger partial charge in [0.25, 0.3) is 6.43 Å². The normalized spacial score (nSPS) is 13.9. The summed E-state index contributed by atoms with van der Waals surface area (Å²) in [7, 11) is 0. The third-order valence-electron chi connectivity index (χ3n) is 0.840. The lowest BCUT2D eigenvalue weighted by Crippen LogP contribution is -2.17. The molecule has 0 saturated heterocycles. The maximum absolute atomic E-state index is 12.3. The van der Waals surface area contributed by atoms with Crippen LogP contribution < -0.4 is 0 Å². The van der Waals surface area contributed by atoms with Crippen molar-refractivity contribution in [3.63, 3.8) is 0 Å². The highest BCUT2D eigenvalue weighted by Crippen LogP contribution is 1.97. The number of halogens is 3. The van der Waals surface area contributed by atoms with E-state index in [0.717, 1.165) is 0 Å². The minimum Gasteiger partial charge on any atom is -0.370 e. The standard InChI is InChI=1S/C6H11F3O2/c1-2-11-6(9)4-10-3-5(7)8/h5-6H,2-4H2,1H3. The average Bonchev–Trinajstić information content (AvgIpc) is 1.87. The molecule has 0 N–H and O–H groups in total. The predicted molar refractivity (Wildman–Crippen MR) is 33.3 cm³/mol. The molecule has 0 aliphatic rings. The van der Waals surface area contributed by atoms with Gasteiger partial charge in [0, 0.05) is 6.61 Å². The van der Waals surface area contributed by atoms with Crippen LogP contribution in [-0.4, -0.2) is 32.6 Å². The molecular formula is C6H11F3O2. The Bertz CT molecular complexity index is 89.9. The summed E-state index contributed by atoms with van der Waals surface area (Å²) in [6.45, 7) is 0.643. The molecule has 0 heterocycles. The van der Waals surface area contributed by atoms with E-state index < -0.39 is 26.0 Å². The van der Waals surface area contributed by atoms with Crippen LogP contribution in [0.4, 0.5) is 13.2 Å². The summed E-state index contributed by atoms with van der Waals surface area (Å²) in [6, 6.07) is 0. The summed E-state index contributed by atoms with van der Waals surface area (Å²) in [5, 5.41) is 0. The number of rotatable bonds is 6. The Morgan fingerprint density at radius 3 is 2.27 bits per heavy atom. The van der Waals surface area contributed by atoms with Crippen LogP contribution in [0.5, 0.6) is 0 Å². The highest BCUT2D eigenvalue weighted by molar-refractivity contribution is 4.39. The first-order valence-electron chi connectivity index (χ1n) is 3.28. The monoisotopic (exact) mass is 172 g/mol. The predicted octanol–water partition coefficient (Wildman–Crippen LogP) is 1.60. The SMILES string of the molecule is CCOC(F)COCC(F)F. The van der Waals surface area contributed by atoms with Crippen molar-refractivity contribution in [2.75, 3.05) is 19.8 Å². The van der Waals surface area contributed by atoms with Gasteiger partial charge >= 0.3 is 0 Å². The molecule has 0 radical (unpaired) electrons. The fourth-order valence-electron chi connectivity index (χ4n) is 0.479. The summed E-state index contributed by atoms with van der Waals surface area (Å²) in [6.07, 6.45) is -4.15. The van der Waals surface area contributed by atoms with Gasteiger partial charge in [0.1, 0.15) is 13.2 Å². The van der Waals surface area contributed by atoms with Gasteiger partial charge in [0.05, 0.1) is 0 Å². The summed E-state index contributed by atoms with van der Waals surface area (Å²) in [5.41, 5.74) is 0. The molecule has 1 atom stereocenters. The molecule has 5 heteroatoms. The molecule has 0 aromatic rings. The highest BCUT2D eigenvalue weighted by atomic mass is 19.3. The van der Waals surface area contributed by atoms with Gasteiger partial charge in [-0.2, -0.15) is 0 Å². The van der Waals surface area contributed by atoms with Crippen molar-refractivity contribution in [3.05, 3.63) is 0 Å². The molecule has 2 nitrogen and oxygen atoms in total. The van der Waals surface area contributed by atoms with Crippen molar-refractivity contribution in [3.8, 4) is 0 Å². The molecule has 0 aromatic carbocycles. The highest BCUT2D eigenvalue weighted by Gasteiger charge is 2.07. The lowest BCUT2D eigenvalue weighted by molar-refractivity contribution is -0.0983. The van der Waals surface area contributed by atoms with E-state index in [1.165, 1.54) is 0 Å². The van der Waals surface area contributed by atoms with Gasteiger partial charge in [-0.1, -0.05) is 0 Å². The molecule has 68 valence electrons. The third kappa shape index (κ3) is 7.61. The molecule has 0 spiro atoms. The Balaban J connectivity index is 3.10. The summed E-state index contributed by atoms with van der Waals surface area (Å²) in [5.74, 6) is 0. The van der Waals surface area contributed by atoms with Crippen molar-refractivity contribution in [2.24, 2.45) is 0 Å². The Morgan fingerprint density at radius 2 is 1.82 bits per heavy atom. The number of hydrogen-bond acceptors (Lipinski definition) is 2. The van der Waals surface area contributed by atoms with Crippen LogP contribution in [0.15, 0.2) is 0 Å². The van der Waals surface area contributed by atoms with E-state index in [1.807, 2.05) is 0 Å². The zero-order chi connectivity index (χ0) is 8.69. The van der Waals surface area contributed by atoms with Crippen LogP contribution >= 0.6 is 0 Å². The molecule has 0 fully saturated rings. The second kappa shape index (κ2) is 6.42. The first kappa shape index (κ1) is 10.7. The third-order valence-corrected chi connectivity index (χ3v) is 0.840. The van der Waals surface area contributed by atoms with E-state index in [1.54, 1.807) is 6.92 Å². The van der Waals surface area contributed by atoms with Gasteiger partial charge in [-0.25, -0.2) is 13.2 Å². The number of ether oxygens (including phenoxy) is 2. The Hall–Kier alpha value is -0.290. The van der Waals surface area contributed by atoms with Crippen molar-refractivity contribution < 1.29 is 22.6 Å². The average molecular weight is 172 g/mol. The van der Waals surface area contributed by atoms with Gasteiger partial charge in [-0.3, -0.25) is 0 Å². The molecule has 11 heavy (non-hydrogen) atoms. The van der Waals surface area contributed by atoms with Crippen molar-refractivity contribution >= 4 is 0 Å². The Kier molecular flexibility index (Phi) is 6.25. The Morgan fingerprint density at radius 1 is 1.18 bits per heavy atom. The van der Waals surface area contributed by atoms with Crippen LogP contribution in [0.25, 0.3) is 0 Å². The lowest BCUT2D eigenvalue weighted by atomic mass is 10.7. The number of alkyl halides is 3. The Labute approximate surface area is 63.3 Å². The van der Waals surface area contributed by atoms with Gasteiger partial charge in [-0.15, -0.1) is 0 Å². The molecule has 1 unspecified atom stereocenters. The fraction of sp³-hybridized carbons (Fsp3) is 1.00. The molecule has 0 bridgehead atoms. The smallest absolute Gasteiger partial charge is 0.261 e. The molecule has 0 aromatic heterocycles. The van der Waals surface area contributed by atoms with Crippen molar-refractivity contribution in [2.45, 2.75) is 19.7 Å². The fourth-order valence-corrected chi connectivity index (χ4v) is 0.479. The van der Waals surface area contributed by atoms with Gasteiger partial charge in [0.15, 0.2) is 0 Å². The lowest BCUT2D eigenvalue weighted by Gasteiger charge is -2.07. The van der Waals surface area contributed by atoms with E-state index >= 15 is 0 Å². The van der Waals surface area contributed by atoms with E-state index in [9.17, 15) is 13.2 Å². The molecule has 0 amide bonds. The van der Waals surface area contributed by atoms with Gasteiger partial charge < -0.3 is 9.47 Å². The van der Waals surface area contributed by atoms with Crippen LogP contribution in [0, 0.1) is 0 Å². The van der Waals surface area contributed by atoms with Gasteiger partial charge in [-0.05, 0) is 6.92 Å². The van der Waals surface area contributed by atoms with Crippen molar-refractivity contribution in [1.82, 2.24) is 0 Å². The first-order chi connectivity index (χ1) is 5.16. The van der Waals surface area contributed by atoms with Crippen LogP contribution in [0.1, 0.15) is 6.92 Å². The zero-order valence-corrected chi connectivity index (χ0v) is 6.23. The molecule has 0 aliphatic heterocycles. The van der Waals surface area contributed by atoms with Crippen LogP contribution in [-0.2, 0) is 9.47 Å². The van der Waals surface area contributed by atoms with Crippen molar-refractivity contribution in [1.29, 1.82) is 0 Å². The maximum Gasteiger partial charge on any atom is 0.261 e. The minimum absolute atomic E-state index is 0.208. The molecule has 0 saturated carbocycles. The molecule has 0 rings (SSSR count). The topological polar surface area (TPSA) is 18.5 Å².